The van der Waals surface area contributed by atoms with E-state index in [-0.39, 0.29) is 5.97 Å². The van der Waals surface area contributed by atoms with Crippen molar-refractivity contribution in [2.24, 2.45) is 0 Å². The highest BCUT2D eigenvalue weighted by Gasteiger charge is 2.09. The van der Waals surface area contributed by atoms with Gasteiger partial charge >= 0.3 is 5.97 Å². The van der Waals surface area contributed by atoms with Crippen molar-refractivity contribution >= 4 is 29.2 Å². The van der Waals surface area contributed by atoms with Gasteiger partial charge in [-0.1, -0.05) is 35.9 Å². The summed E-state index contributed by atoms with van der Waals surface area (Å²) in [5, 5.41) is 10.0. The molecule has 0 saturated carbocycles. The van der Waals surface area contributed by atoms with E-state index in [1.165, 1.54) is 0 Å². The monoisotopic (exact) mass is 377 g/mol. The maximum absolute atomic E-state index is 11.7. The maximum Gasteiger partial charge on any atom is 0.338 e. The average molecular weight is 378 g/mol. The number of ether oxygens (including phenoxy) is 1. The fourth-order valence-corrected chi connectivity index (χ4v) is 2.65. The molecule has 0 atom stereocenters. The van der Waals surface area contributed by atoms with Crippen molar-refractivity contribution in [2.75, 3.05) is 6.61 Å². The van der Waals surface area contributed by atoms with Crippen molar-refractivity contribution in [3.05, 3.63) is 82.6 Å². The number of hydrogen-bond acceptors (Lipinski definition) is 4. The van der Waals surface area contributed by atoms with E-state index < -0.39 is 0 Å². The molecule has 3 rings (SSSR count). The number of rotatable bonds is 5. The maximum atomic E-state index is 11.7. The first-order valence-electron chi connectivity index (χ1n) is 8.36. The van der Waals surface area contributed by atoms with Crippen LogP contribution in [-0.2, 0) is 4.74 Å². The highest BCUT2D eigenvalue weighted by atomic mass is 35.5. The minimum absolute atomic E-state index is 0.337. The van der Waals surface area contributed by atoms with E-state index in [9.17, 15) is 10.1 Å². The van der Waals surface area contributed by atoms with Crippen LogP contribution in [0.3, 0.4) is 0 Å². The zero-order valence-corrected chi connectivity index (χ0v) is 15.4. The Balaban J connectivity index is 1.82. The average Bonchev–Trinajstić information content (AvgIpc) is 3.16. The van der Waals surface area contributed by atoms with Crippen molar-refractivity contribution < 1.29 is 13.9 Å². The minimum Gasteiger partial charge on any atom is -0.462 e. The molecule has 27 heavy (non-hydrogen) atoms. The predicted octanol–water partition coefficient (Wildman–Crippen LogP) is 5.84. The molecule has 2 aromatic carbocycles. The van der Waals surface area contributed by atoms with E-state index in [0.29, 0.717) is 34.3 Å². The Hall–Kier alpha value is -3.29. The molecule has 0 aliphatic carbocycles. The van der Waals surface area contributed by atoms with Gasteiger partial charge in [0.05, 0.1) is 23.8 Å². The molecule has 0 unspecified atom stereocenters. The van der Waals surface area contributed by atoms with Gasteiger partial charge in [0.2, 0.25) is 0 Å². The third kappa shape index (κ3) is 4.46. The van der Waals surface area contributed by atoms with Crippen LogP contribution in [0.2, 0.25) is 5.02 Å². The molecule has 4 nitrogen and oxygen atoms in total. The molecule has 0 N–H and O–H groups in total. The number of esters is 1. The van der Waals surface area contributed by atoms with Gasteiger partial charge in [-0.2, -0.15) is 5.26 Å². The number of halogens is 1. The standard InChI is InChI=1S/C22H16ClNO3/c1-2-26-22(25)17-5-3-16(4-6-17)21-12-11-20(27-21)13-18(14-24)15-7-9-19(23)10-8-15/h3-13H,2H2,1H3. The van der Waals surface area contributed by atoms with E-state index >= 15 is 0 Å². The second kappa shape index (κ2) is 8.39. The zero-order valence-electron chi connectivity index (χ0n) is 14.6. The van der Waals surface area contributed by atoms with Crippen LogP contribution in [0.5, 0.6) is 0 Å². The number of allylic oxidation sites excluding steroid dienone is 1. The van der Waals surface area contributed by atoms with Crippen molar-refractivity contribution in [1.82, 2.24) is 0 Å². The summed E-state index contributed by atoms with van der Waals surface area (Å²) in [6, 6.07) is 19.8. The molecular weight excluding hydrogens is 362 g/mol. The summed E-state index contributed by atoms with van der Waals surface area (Å²) in [5.74, 6) is 0.852. The normalized spacial score (nSPS) is 11.1. The summed E-state index contributed by atoms with van der Waals surface area (Å²) in [6.45, 7) is 2.10. The second-order valence-corrected chi connectivity index (χ2v) is 6.11. The number of benzene rings is 2. The summed E-state index contributed by atoms with van der Waals surface area (Å²) < 4.78 is 10.8. The van der Waals surface area contributed by atoms with Crippen LogP contribution in [0.25, 0.3) is 23.0 Å². The Labute approximate surface area is 162 Å². The Bertz CT molecular complexity index is 1010. The van der Waals surface area contributed by atoms with E-state index in [1.54, 1.807) is 67.6 Å². The van der Waals surface area contributed by atoms with Crippen molar-refractivity contribution in [1.29, 1.82) is 5.26 Å². The minimum atomic E-state index is -0.353. The smallest absolute Gasteiger partial charge is 0.338 e. The van der Waals surface area contributed by atoms with Crippen molar-refractivity contribution in [3.8, 4) is 17.4 Å². The molecule has 134 valence electrons. The van der Waals surface area contributed by atoms with E-state index in [2.05, 4.69) is 6.07 Å². The molecule has 0 radical (unpaired) electrons. The molecule has 1 heterocycles. The molecule has 0 spiro atoms. The second-order valence-electron chi connectivity index (χ2n) is 5.68. The van der Waals surface area contributed by atoms with Gasteiger partial charge in [0.15, 0.2) is 0 Å². The number of carbonyl (C=O) groups excluding carboxylic acids is 1. The summed E-state index contributed by atoms with van der Waals surface area (Å²) in [6.07, 6.45) is 1.68. The van der Waals surface area contributed by atoms with E-state index in [4.69, 9.17) is 20.8 Å². The molecular formula is C22H16ClNO3. The first-order valence-corrected chi connectivity index (χ1v) is 8.73. The summed E-state index contributed by atoms with van der Waals surface area (Å²) >= 11 is 5.89. The van der Waals surface area contributed by atoms with Gasteiger partial charge in [-0.3, -0.25) is 0 Å². The van der Waals surface area contributed by atoms with Gasteiger partial charge < -0.3 is 9.15 Å². The summed E-state index contributed by atoms with van der Waals surface area (Å²) in [5.41, 5.74) is 2.55. The van der Waals surface area contributed by atoms with Crippen LogP contribution in [0, 0.1) is 11.3 Å². The van der Waals surface area contributed by atoms with Crippen LogP contribution in [0.1, 0.15) is 28.6 Å². The largest absolute Gasteiger partial charge is 0.462 e. The Morgan fingerprint density at radius 1 is 1.07 bits per heavy atom. The van der Waals surface area contributed by atoms with Crippen molar-refractivity contribution in [3.63, 3.8) is 0 Å². The van der Waals surface area contributed by atoms with Crippen LogP contribution in [0.15, 0.2) is 65.1 Å². The first-order chi connectivity index (χ1) is 13.1. The quantitative estimate of drug-likeness (QED) is 0.414. The lowest BCUT2D eigenvalue weighted by atomic mass is 10.1. The van der Waals surface area contributed by atoms with E-state index in [0.717, 1.165) is 11.1 Å². The van der Waals surface area contributed by atoms with Gasteiger partial charge in [-0.15, -0.1) is 0 Å². The third-order valence-electron chi connectivity index (χ3n) is 3.87. The van der Waals surface area contributed by atoms with Crippen LogP contribution in [-0.4, -0.2) is 12.6 Å². The highest BCUT2D eigenvalue weighted by Crippen LogP contribution is 2.26. The molecule has 0 aliphatic heterocycles. The highest BCUT2D eigenvalue weighted by molar-refractivity contribution is 6.30. The molecule has 0 bridgehead atoms. The molecule has 0 fully saturated rings. The van der Waals surface area contributed by atoms with Gasteiger partial charge in [-0.05, 0) is 55.0 Å². The fraction of sp³-hybridized carbons (Fsp3) is 0.0909. The topological polar surface area (TPSA) is 63.2 Å². The Morgan fingerprint density at radius 3 is 2.37 bits per heavy atom. The van der Waals surface area contributed by atoms with E-state index in [1.807, 2.05) is 6.07 Å². The number of nitriles is 1. The molecule has 0 saturated heterocycles. The number of hydrogen-bond donors (Lipinski definition) is 0. The van der Waals surface area contributed by atoms with Crippen LogP contribution < -0.4 is 0 Å². The lowest BCUT2D eigenvalue weighted by molar-refractivity contribution is 0.0526. The molecule has 3 aromatic rings. The van der Waals surface area contributed by atoms with Gasteiger partial charge in [-0.25, -0.2) is 4.79 Å². The summed E-state index contributed by atoms with van der Waals surface area (Å²) in [4.78, 5) is 11.7. The Morgan fingerprint density at radius 2 is 1.74 bits per heavy atom. The SMILES string of the molecule is CCOC(=O)c1ccc(-c2ccc(C=C(C#N)c3ccc(Cl)cc3)o2)cc1. The lowest BCUT2D eigenvalue weighted by Crippen LogP contribution is -2.03. The summed E-state index contributed by atoms with van der Waals surface area (Å²) in [7, 11) is 0. The van der Waals surface area contributed by atoms with Gasteiger partial charge in [0.1, 0.15) is 11.5 Å². The van der Waals surface area contributed by atoms with Crippen LogP contribution in [0.4, 0.5) is 0 Å². The van der Waals surface area contributed by atoms with Gasteiger partial charge in [0.25, 0.3) is 0 Å². The predicted molar refractivity (Wildman–Crippen MR) is 105 cm³/mol. The number of carbonyl (C=O) groups is 1. The van der Waals surface area contributed by atoms with Crippen molar-refractivity contribution in [2.45, 2.75) is 6.92 Å². The fourth-order valence-electron chi connectivity index (χ4n) is 2.52. The van der Waals surface area contributed by atoms with Crippen LogP contribution >= 0.6 is 11.6 Å². The number of nitrogens with zero attached hydrogens (tertiary/aromatic N) is 1. The zero-order chi connectivity index (χ0) is 19.2. The molecule has 1 aromatic heterocycles. The molecule has 5 heteroatoms. The molecule has 0 amide bonds. The van der Waals surface area contributed by atoms with Gasteiger partial charge in [0, 0.05) is 10.6 Å². The third-order valence-corrected chi connectivity index (χ3v) is 4.12. The number of furan rings is 1. The first kappa shape index (κ1) is 18.5. The Kier molecular flexibility index (Phi) is 5.75. The molecule has 0 aliphatic rings. The lowest BCUT2D eigenvalue weighted by Gasteiger charge is -2.02.